The van der Waals surface area contributed by atoms with Crippen LogP contribution in [0.1, 0.15) is 38.2 Å². The standard InChI is InChI=1S/C15H24N2O4S2/c1-3-4-9-16-23(20,21)15-8-7-14(12-13(15)2)17-10-5-6-11-22(17,18)19/h7-8,12,16H,3-6,9-11H2,1-2H3. The third-order valence-corrected chi connectivity index (χ3v) is 7.40. The molecule has 1 saturated heterocycles. The molecule has 130 valence electrons. The molecule has 0 aromatic heterocycles. The van der Waals surface area contributed by atoms with Gasteiger partial charge in [0.25, 0.3) is 0 Å². The second kappa shape index (κ2) is 7.19. The SMILES string of the molecule is CCCCNS(=O)(=O)c1ccc(N2CCCCS2(=O)=O)cc1C. The molecule has 0 unspecified atom stereocenters. The van der Waals surface area contributed by atoms with E-state index < -0.39 is 20.0 Å². The molecule has 1 aliphatic heterocycles. The van der Waals surface area contributed by atoms with Crippen LogP contribution in [0.2, 0.25) is 0 Å². The molecule has 0 saturated carbocycles. The van der Waals surface area contributed by atoms with Crippen molar-refractivity contribution in [2.75, 3.05) is 23.1 Å². The molecule has 0 atom stereocenters. The van der Waals surface area contributed by atoms with E-state index in [0.29, 0.717) is 30.8 Å². The summed E-state index contributed by atoms with van der Waals surface area (Å²) in [6.07, 6.45) is 3.18. The van der Waals surface area contributed by atoms with E-state index >= 15 is 0 Å². The number of hydrogen-bond donors (Lipinski definition) is 1. The van der Waals surface area contributed by atoms with Crippen LogP contribution in [0, 0.1) is 6.92 Å². The van der Waals surface area contributed by atoms with Gasteiger partial charge < -0.3 is 0 Å². The molecule has 2 rings (SSSR count). The average molecular weight is 361 g/mol. The maximum absolute atomic E-state index is 12.3. The molecule has 0 amide bonds. The number of aryl methyl sites for hydroxylation is 1. The van der Waals surface area contributed by atoms with Crippen molar-refractivity contribution in [1.82, 2.24) is 4.72 Å². The third-order valence-electron chi connectivity index (χ3n) is 3.91. The number of rotatable bonds is 6. The lowest BCUT2D eigenvalue weighted by Gasteiger charge is -2.28. The Balaban J connectivity index is 2.27. The van der Waals surface area contributed by atoms with Gasteiger partial charge in [0.05, 0.1) is 16.3 Å². The zero-order valence-electron chi connectivity index (χ0n) is 13.6. The summed E-state index contributed by atoms with van der Waals surface area (Å²) in [5, 5.41) is 0. The maximum Gasteiger partial charge on any atom is 0.240 e. The largest absolute Gasteiger partial charge is 0.270 e. The highest BCUT2D eigenvalue weighted by molar-refractivity contribution is 7.92. The van der Waals surface area contributed by atoms with E-state index in [1.165, 1.54) is 10.4 Å². The Hall–Kier alpha value is -1.12. The lowest BCUT2D eigenvalue weighted by Crippen LogP contribution is -2.37. The van der Waals surface area contributed by atoms with Gasteiger partial charge in [0.2, 0.25) is 20.0 Å². The summed E-state index contributed by atoms with van der Waals surface area (Å²) < 4.78 is 52.8. The smallest absolute Gasteiger partial charge is 0.240 e. The molecule has 0 aliphatic carbocycles. The van der Waals surface area contributed by atoms with Crippen LogP contribution in [0.15, 0.2) is 23.1 Å². The molecule has 0 bridgehead atoms. The first-order valence-electron chi connectivity index (χ1n) is 7.88. The zero-order chi connectivity index (χ0) is 17.1. The van der Waals surface area contributed by atoms with Crippen molar-refractivity contribution in [2.45, 2.75) is 44.4 Å². The minimum atomic E-state index is -3.56. The quantitative estimate of drug-likeness (QED) is 0.787. The number of sulfonamides is 2. The lowest BCUT2D eigenvalue weighted by atomic mass is 10.2. The summed E-state index contributed by atoms with van der Waals surface area (Å²) in [7, 11) is -6.85. The van der Waals surface area contributed by atoms with Gasteiger partial charge in [-0.3, -0.25) is 4.31 Å². The van der Waals surface area contributed by atoms with Gasteiger partial charge in [0, 0.05) is 13.1 Å². The van der Waals surface area contributed by atoms with E-state index in [0.717, 1.165) is 19.3 Å². The summed E-state index contributed by atoms with van der Waals surface area (Å²) in [5.41, 5.74) is 1.09. The van der Waals surface area contributed by atoms with Crippen LogP contribution in [-0.4, -0.2) is 35.7 Å². The fourth-order valence-electron chi connectivity index (χ4n) is 2.63. The first kappa shape index (κ1) is 18.2. The van der Waals surface area contributed by atoms with E-state index in [-0.39, 0.29) is 10.6 Å². The normalized spacial score (nSPS) is 18.1. The Labute approximate surface area is 139 Å². The summed E-state index contributed by atoms with van der Waals surface area (Å²) >= 11 is 0. The van der Waals surface area contributed by atoms with Gasteiger partial charge in [0.15, 0.2) is 0 Å². The molecule has 1 aliphatic rings. The highest BCUT2D eigenvalue weighted by atomic mass is 32.2. The van der Waals surface area contributed by atoms with Crippen molar-refractivity contribution in [2.24, 2.45) is 0 Å². The molecule has 1 aromatic rings. The van der Waals surface area contributed by atoms with Crippen LogP contribution in [0.3, 0.4) is 0 Å². The molecule has 1 heterocycles. The highest BCUT2D eigenvalue weighted by Gasteiger charge is 2.27. The molecular formula is C15H24N2O4S2. The molecule has 1 N–H and O–H groups in total. The van der Waals surface area contributed by atoms with Crippen LogP contribution in [0.25, 0.3) is 0 Å². The maximum atomic E-state index is 12.3. The minimum Gasteiger partial charge on any atom is -0.270 e. The molecule has 23 heavy (non-hydrogen) atoms. The predicted molar refractivity (Wildman–Crippen MR) is 91.6 cm³/mol. The Bertz CT molecular complexity index is 758. The van der Waals surface area contributed by atoms with Crippen molar-refractivity contribution < 1.29 is 16.8 Å². The van der Waals surface area contributed by atoms with E-state index in [1.54, 1.807) is 19.1 Å². The Morgan fingerprint density at radius 1 is 1.26 bits per heavy atom. The third kappa shape index (κ3) is 4.24. The second-order valence-corrected chi connectivity index (χ2v) is 9.54. The van der Waals surface area contributed by atoms with Gasteiger partial charge in [-0.25, -0.2) is 21.6 Å². The van der Waals surface area contributed by atoms with Gasteiger partial charge >= 0.3 is 0 Å². The molecule has 8 heteroatoms. The molecule has 0 radical (unpaired) electrons. The van der Waals surface area contributed by atoms with Gasteiger partial charge in [-0.2, -0.15) is 0 Å². The lowest BCUT2D eigenvalue weighted by molar-refractivity contribution is 0.574. The van der Waals surface area contributed by atoms with E-state index in [4.69, 9.17) is 0 Å². The molecule has 1 aromatic carbocycles. The van der Waals surface area contributed by atoms with Crippen molar-refractivity contribution in [3.05, 3.63) is 23.8 Å². The number of nitrogens with zero attached hydrogens (tertiary/aromatic N) is 1. The Kier molecular flexibility index (Phi) is 5.70. The highest BCUT2D eigenvalue weighted by Crippen LogP contribution is 2.27. The number of benzene rings is 1. The van der Waals surface area contributed by atoms with Crippen LogP contribution in [0.5, 0.6) is 0 Å². The Morgan fingerprint density at radius 2 is 2.00 bits per heavy atom. The molecule has 0 spiro atoms. The number of nitrogens with one attached hydrogen (secondary N) is 1. The van der Waals surface area contributed by atoms with E-state index in [2.05, 4.69) is 4.72 Å². The van der Waals surface area contributed by atoms with Crippen molar-refractivity contribution in [3.8, 4) is 0 Å². The summed E-state index contributed by atoms with van der Waals surface area (Å²) in [5.74, 6) is 0.144. The summed E-state index contributed by atoms with van der Waals surface area (Å²) in [6, 6.07) is 4.70. The first-order chi connectivity index (χ1) is 10.8. The average Bonchev–Trinajstić information content (AvgIpc) is 2.46. The summed E-state index contributed by atoms with van der Waals surface area (Å²) in [6.45, 7) is 4.53. The monoisotopic (exact) mass is 360 g/mol. The van der Waals surface area contributed by atoms with Gasteiger partial charge in [0.1, 0.15) is 0 Å². The summed E-state index contributed by atoms with van der Waals surface area (Å²) in [4.78, 5) is 0.201. The number of anilines is 1. The van der Waals surface area contributed by atoms with Crippen molar-refractivity contribution in [3.63, 3.8) is 0 Å². The fraction of sp³-hybridized carbons (Fsp3) is 0.600. The first-order valence-corrected chi connectivity index (χ1v) is 11.0. The van der Waals surface area contributed by atoms with Crippen LogP contribution in [0.4, 0.5) is 5.69 Å². The van der Waals surface area contributed by atoms with Crippen LogP contribution >= 0.6 is 0 Å². The van der Waals surface area contributed by atoms with Gasteiger partial charge in [-0.05, 0) is 49.9 Å². The predicted octanol–water partition coefficient (Wildman–Crippen LogP) is 2.00. The van der Waals surface area contributed by atoms with E-state index in [1.807, 2.05) is 6.92 Å². The van der Waals surface area contributed by atoms with Crippen LogP contribution in [-0.2, 0) is 20.0 Å². The topological polar surface area (TPSA) is 83.6 Å². The van der Waals surface area contributed by atoms with Crippen molar-refractivity contribution >= 4 is 25.7 Å². The fourth-order valence-corrected chi connectivity index (χ4v) is 5.56. The van der Waals surface area contributed by atoms with Gasteiger partial charge in [-0.15, -0.1) is 0 Å². The molecule has 1 fully saturated rings. The zero-order valence-corrected chi connectivity index (χ0v) is 15.2. The number of hydrogen-bond acceptors (Lipinski definition) is 4. The van der Waals surface area contributed by atoms with Crippen molar-refractivity contribution in [1.29, 1.82) is 0 Å². The molecule has 6 nitrogen and oxygen atoms in total. The number of unbranched alkanes of at least 4 members (excludes halogenated alkanes) is 1. The van der Waals surface area contributed by atoms with Gasteiger partial charge in [-0.1, -0.05) is 13.3 Å². The minimum absolute atomic E-state index is 0.144. The Morgan fingerprint density at radius 3 is 2.61 bits per heavy atom. The van der Waals surface area contributed by atoms with Crippen LogP contribution < -0.4 is 9.03 Å². The van der Waals surface area contributed by atoms with E-state index in [9.17, 15) is 16.8 Å². The molecular weight excluding hydrogens is 336 g/mol. The second-order valence-electron chi connectivity index (χ2n) is 5.80.